The summed E-state index contributed by atoms with van der Waals surface area (Å²) in [6.45, 7) is 2.89. The highest BCUT2D eigenvalue weighted by atomic mass is 79.9. The standard InChI is InChI=1S/C15H16BrN3O/c1-9-15(16)13(19(2)18-9)8-14(20)11-3-4-12-10(7-11)5-6-17-12/h3-4,7,17H,5-6,8H2,1-2H3. The normalized spacial score (nSPS) is 13.2. The highest BCUT2D eigenvalue weighted by Crippen LogP contribution is 2.25. The second-order valence-corrected chi connectivity index (χ2v) is 5.91. The third-order valence-corrected chi connectivity index (χ3v) is 4.76. The summed E-state index contributed by atoms with van der Waals surface area (Å²) < 4.78 is 2.70. The number of carbonyl (C=O) groups is 1. The van der Waals surface area contributed by atoms with Crippen LogP contribution in [0.3, 0.4) is 0 Å². The number of hydrogen-bond acceptors (Lipinski definition) is 3. The third kappa shape index (κ3) is 2.26. The van der Waals surface area contributed by atoms with E-state index in [2.05, 4.69) is 26.3 Å². The predicted molar refractivity (Wildman–Crippen MR) is 82.3 cm³/mol. The highest BCUT2D eigenvalue weighted by molar-refractivity contribution is 9.10. The molecule has 104 valence electrons. The van der Waals surface area contributed by atoms with Gasteiger partial charge in [-0.25, -0.2) is 0 Å². The number of nitrogens with one attached hydrogen (secondary N) is 1. The molecule has 1 aliphatic rings. The molecular weight excluding hydrogens is 318 g/mol. The quantitative estimate of drug-likeness (QED) is 0.878. The number of anilines is 1. The molecule has 2 heterocycles. The summed E-state index contributed by atoms with van der Waals surface area (Å²) in [4.78, 5) is 12.4. The molecule has 1 N–H and O–H groups in total. The molecule has 0 unspecified atom stereocenters. The maximum Gasteiger partial charge on any atom is 0.168 e. The molecule has 20 heavy (non-hydrogen) atoms. The van der Waals surface area contributed by atoms with Crippen molar-refractivity contribution in [3.8, 4) is 0 Å². The second kappa shape index (κ2) is 5.05. The molecule has 0 radical (unpaired) electrons. The Labute approximate surface area is 126 Å². The third-order valence-electron chi connectivity index (χ3n) is 3.73. The molecule has 0 bridgehead atoms. The summed E-state index contributed by atoms with van der Waals surface area (Å²) in [5, 5.41) is 7.63. The molecule has 3 rings (SSSR count). The topological polar surface area (TPSA) is 46.9 Å². The van der Waals surface area contributed by atoms with Crippen LogP contribution in [0.25, 0.3) is 0 Å². The molecule has 2 aromatic rings. The zero-order valence-corrected chi connectivity index (χ0v) is 13.1. The molecule has 0 saturated heterocycles. The largest absolute Gasteiger partial charge is 0.384 e. The van der Waals surface area contributed by atoms with E-state index in [1.54, 1.807) is 4.68 Å². The monoisotopic (exact) mass is 333 g/mol. The van der Waals surface area contributed by atoms with Crippen LogP contribution in [0.4, 0.5) is 5.69 Å². The lowest BCUT2D eigenvalue weighted by Crippen LogP contribution is -2.08. The van der Waals surface area contributed by atoms with E-state index in [0.29, 0.717) is 6.42 Å². The van der Waals surface area contributed by atoms with Crippen LogP contribution in [-0.2, 0) is 19.9 Å². The average molecular weight is 334 g/mol. The molecule has 0 amide bonds. The number of carbonyl (C=O) groups excluding carboxylic acids is 1. The number of hydrogen-bond donors (Lipinski definition) is 1. The van der Waals surface area contributed by atoms with Crippen molar-refractivity contribution < 1.29 is 4.79 Å². The molecular formula is C15H16BrN3O. The Bertz CT molecular complexity index is 691. The van der Waals surface area contributed by atoms with Crippen molar-refractivity contribution in [2.75, 3.05) is 11.9 Å². The van der Waals surface area contributed by atoms with E-state index in [-0.39, 0.29) is 5.78 Å². The molecule has 1 aliphatic heterocycles. The van der Waals surface area contributed by atoms with Crippen LogP contribution in [-0.4, -0.2) is 22.1 Å². The first kappa shape index (κ1) is 13.4. The van der Waals surface area contributed by atoms with Gasteiger partial charge in [-0.3, -0.25) is 9.48 Å². The Morgan fingerprint density at radius 3 is 3.00 bits per heavy atom. The van der Waals surface area contributed by atoms with Gasteiger partial charge in [-0.15, -0.1) is 0 Å². The van der Waals surface area contributed by atoms with Gasteiger partial charge in [0.2, 0.25) is 0 Å². The van der Waals surface area contributed by atoms with E-state index in [1.807, 2.05) is 32.2 Å². The maximum atomic E-state index is 12.4. The fourth-order valence-corrected chi connectivity index (χ4v) is 3.08. The SMILES string of the molecule is Cc1nn(C)c(CC(=O)c2ccc3c(c2)CCN3)c1Br. The van der Waals surface area contributed by atoms with Crippen LogP contribution in [0, 0.1) is 6.92 Å². The first-order valence-electron chi connectivity index (χ1n) is 6.64. The van der Waals surface area contributed by atoms with Gasteiger partial charge >= 0.3 is 0 Å². The molecule has 0 fully saturated rings. The zero-order valence-electron chi connectivity index (χ0n) is 11.5. The minimum Gasteiger partial charge on any atom is -0.384 e. The first-order chi connectivity index (χ1) is 9.56. The second-order valence-electron chi connectivity index (χ2n) is 5.12. The lowest BCUT2D eigenvalue weighted by molar-refractivity contribution is 0.0990. The lowest BCUT2D eigenvalue weighted by Gasteiger charge is -2.05. The van der Waals surface area contributed by atoms with Gasteiger partial charge in [0.25, 0.3) is 0 Å². The molecule has 1 aromatic carbocycles. The minimum absolute atomic E-state index is 0.128. The van der Waals surface area contributed by atoms with Crippen LogP contribution in [0.15, 0.2) is 22.7 Å². The number of aryl methyl sites for hydroxylation is 2. The van der Waals surface area contributed by atoms with E-state index in [4.69, 9.17) is 0 Å². The van der Waals surface area contributed by atoms with Crippen LogP contribution < -0.4 is 5.32 Å². The van der Waals surface area contributed by atoms with Crippen molar-refractivity contribution in [3.63, 3.8) is 0 Å². The van der Waals surface area contributed by atoms with E-state index in [1.165, 1.54) is 5.56 Å². The van der Waals surface area contributed by atoms with E-state index in [0.717, 1.165) is 40.1 Å². The number of benzene rings is 1. The van der Waals surface area contributed by atoms with Gasteiger partial charge in [-0.1, -0.05) is 0 Å². The molecule has 0 atom stereocenters. The van der Waals surface area contributed by atoms with Crippen molar-refractivity contribution in [1.82, 2.24) is 9.78 Å². The smallest absolute Gasteiger partial charge is 0.168 e. The van der Waals surface area contributed by atoms with Gasteiger partial charge in [0.15, 0.2) is 5.78 Å². The van der Waals surface area contributed by atoms with Crippen LogP contribution in [0.5, 0.6) is 0 Å². The van der Waals surface area contributed by atoms with E-state index < -0.39 is 0 Å². The van der Waals surface area contributed by atoms with Gasteiger partial charge < -0.3 is 5.32 Å². The van der Waals surface area contributed by atoms with Crippen LogP contribution >= 0.6 is 15.9 Å². The van der Waals surface area contributed by atoms with Crippen molar-refractivity contribution in [2.24, 2.45) is 7.05 Å². The fourth-order valence-electron chi connectivity index (χ4n) is 2.60. The number of aromatic nitrogens is 2. The summed E-state index contributed by atoms with van der Waals surface area (Å²) in [6.07, 6.45) is 1.36. The fraction of sp³-hybridized carbons (Fsp3) is 0.333. The summed E-state index contributed by atoms with van der Waals surface area (Å²) in [5.74, 6) is 0.128. The Balaban J connectivity index is 1.86. The first-order valence-corrected chi connectivity index (χ1v) is 7.43. The number of rotatable bonds is 3. The molecule has 4 nitrogen and oxygen atoms in total. The molecule has 0 spiro atoms. The molecule has 1 aromatic heterocycles. The van der Waals surface area contributed by atoms with Crippen molar-refractivity contribution in [2.45, 2.75) is 19.8 Å². The Morgan fingerprint density at radius 1 is 1.50 bits per heavy atom. The Morgan fingerprint density at radius 2 is 2.30 bits per heavy atom. The number of nitrogens with zero attached hydrogens (tertiary/aromatic N) is 2. The molecule has 5 heteroatoms. The van der Waals surface area contributed by atoms with Gasteiger partial charge in [0, 0.05) is 24.8 Å². The van der Waals surface area contributed by atoms with Crippen LogP contribution in [0.1, 0.15) is 27.3 Å². The average Bonchev–Trinajstić information content (AvgIpc) is 2.98. The summed E-state index contributed by atoms with van der Waals surface area (Å²) in [7, 11) is 1.87. The molecule has 0 saturated carbocycles. The lowest BCUT2D eigenvalue weighted by atomic mass is 10.0. The summed E-state index contributed by atoms with van der Waals surface area (Å²) >= 11 is 3.51. The summed E-state index contributed by atoms with van der Waals surface area (Å²) in [6, 6.07) is 5.91. The van der Waals surface area contributed by atoms with Gasteiger partial charge in [0.1, 0.15) is 0 Å². The summed E-state index contributed by atoms with van der Waals surface area (Å²) in [5.41, 5.74) is 4.99. The van der Waals surface area contributed by atoms with E-state index >= 15 is 0 Å². The Hall–Kier alpha value is -1.62. The Kier molecular flexibility index (Phi) is 3.38. The van der Waals surface area contributed by atoms with Gasteiger partial charge in [0.05, 0.1) is 22.3 Å². The van der Waals surface area contributed by atoms with Crippen LogP contribution in [0.2, 0.25) is 0 Å². The number of ketones is 1. The minimum atomic E-state index is 0.128. The van der Waals surface area contributed by atoms with E-state index in [9.17, 15) is 4.79 Å². The number of halogens is 1. The highest BCUT2D eigenvalue weighted by Gasteiger charge is 2.17. The van der Waals surface area contributed by atoms with Gasteiger partial charge in [-0.05, 0) is 53.0 Å². The predicted octanol–water partition coefficient (Wildman–Crippen LogP) is 2.88. The molecule has 0 aliphatic carbocycles. The number of fused-ring (bicyclic) bond motifs is 1. The van der Waals surface area contributed by atoms with Crippen molar-refractivity contribution in [3.05, 3.63) is 45.2 Å². The maximum absolute atomic E-state index is 12.4. The van der Waals surface area contributed by atoms with Crippen molar-refractivity contribution in [1.29, 1.82) is 0 Å². The van der Waals surface area contributed by atoms with Crippen molar-refractivity contribution >= 4 is 27.4 Å². The zero-order chi connectivity index (χ0) is 14.3. The van der Waals surface area contributed by atoms with Gasteiger partial charge in [-0.2, -0.15) is 5.10 Å². The number of Topliss-reactive ketones (excluding diaryl/α,β-unsaturated/α-hetero) is 1.